The lowest BCUT2D eigenvalue weighted by atomic mass is 10.2. The molecule has 1 aliphatic heterocycles. The Morgan fingerprint density at radius 1 is 1.19 bits per heavy atom. The lowest BCUT2D eigenvalue weighted by Gasteiger charge is -2.35. The number of aromatic nitrogens is 6. The number of piperazine rings is 1. The summed E-state index contributed by atoms with van der Waals surface area (Å²) in [6.07, 6.45) is 3.39. The number of fused-ring (bicyclic) bond motifs is 1. The quantitative estimate of drug-likeness (QED) is 0.362. The first-order valence-corrected chi connectivity index (χ1v) is 11.9. The van der Waals surface area contributed by atoms with Crippen LogP contribution in [0.25, 0.3) is 11.0 Å². The molecule has 0 atom stereocenters. The lowest BCUT2D eigenvalue weighted by molar-refractivity contribution is 0.0240. The summed E-state index contributed by atoms with van der Waals surface area (Å²) < 4.78 is 12.6. The summed E-state index contributed by atoms with van der Waals surface area (Å²) >= 11 is 0. The maximum Gasteiger partial charge on any atom is 0.410 e. The molecule has 3 aromatic rings. The minimum absolute atomic E-state index is 0.211. The third-order valence-corrected chi connectivity index (χ3v) is 5.41. The van der Waals surface area contributed by atoms with Crippen LogP contribution in [0.1, 0.15) is 38.2 Å². The second-order valence-corrected chi connectivity index (χ2v) is 9.17. The molecule has 0 bridgehead atoms. The summed E-state index contributed by atoms with van der Waals surface area (Å²) in [4.78, 5) is 45.6. The van der Waals surface area contributed by atoms with E-state index in [-0.39, 0.29) is 11.8 Å². The normalized spacial score (nSPS) is 14.2. The Balaban J connectivity index is 1.65. The second-order valence-electron chi connectivity index (χ2n) is 9.17. The first-order chi connectivity index (χ1) is 17.3. The summed E-state index contributed by atoms with van der Waals surface area (Å²) in [5, 5.41) is 7.66. The number of nitrogens with zero attached hydrogens (tertiary/aromatic N) is 8. The van der Waals surface area contributed by atoms with Crippen molar-refractivity contribution in [1.82, 2.24) is 34.6 Å². The van der Waals surface area contributed by atoms with E-state index in [4.69, 9.17) is 19.4 Å². The zero-order valence-corrected chi connectivity index (χ0v) is 21.0. The largest absolute Gasteiger partial charge is 0.444 e. The van der Waals surface area contributed by atoms with Crippen LogP contribution in [-0.4, -0.2) is 92.0 Å². The third kappa shape index (κ3) is 5.85. The molecule has 1 aliphatic rings. The Kier molecular flexibility index (Phi) is 7.58. The fraction of sp³-hybridized carbons (Fsp3) is 0.522. The standard InChI is InChI=1S/C23H31N9O4/c1-5-35-13-12-32-19-18(16(14-33)29-32)27-21(28-20(19)26-17-6-7-24-15-25-17)30-8-10-31(11-9-30)22(34)36-23(2,3)4/h6-7,14-15H,5,8-13H2,1-4H3,(H,24,25,26,27,28). The van der Waals surface area contributed by atoms with Crippen LogP contribution in [0.2, 0.25) is 0 Å². The van der Waals surface area contributed by atoms with Gasteiger partial charge in [0.15, 0.2) is 17.8 Å². The zero-order valence-electron chi connectivity index (χ0n) is 21.0. The molecule has 1 saturated heterocycles. The average molecular weight is 498 g/mol. The SMILES string of the molecule is CCOCCn1nc(C=O)c2nc(N3CCN(C(=O)OC(C)(C)C)CC3)nc(Nc3ccncn3)c21. The van der Waals surface area contributed by atoms with Gasteiger partial charge in [-0.3, -0.25) is 9.48 Å². The maximum atomic E-state index is 12.5. The van der Waals surface area contributed by atoms with Crippen molar-refractivity contribution in [2.24, 2.45) is 0 Å². The van der Waals surface area contributed by atoms with E-state index in [1.807, 2.05) is 32.6 Å². The van der Waals surface area contributed by atoms with Gasteiger partial charge in [-0.1, -0.05) is 0 Å². The van der Waals surface area contributed by atoms with E-state index in [9.17, 15) is 9.59 Å². The molecule has 0 radical (unpaired) electrons. The Bertz CT molecular complexity index is 1200. The third-order valence-electron chi connectivity index (χ3n) is 5.41. The monoisotopic (exact) mass is 497 g/mol. The lowest BCUT2D eigenvalue weighted by Crippen LogP contribution is -2.50. The molecular formula is C23H31N9O4. The van der Waals surface area contributed by atoms with E-state index in [1.165, 1.54) is 6.33 Å². The fourth-order valence-electron chi connectivity index (χ4n) is 3.76. The molecule has 0 spiro atoms. The topological polar surface area (TPSA) is 140 Å². The molecule has 192 valence electrons. The number of aldehydes is 1. The van der Waals surface area contributed by atoms with Gasteiger partial charge in [0.25, 0.3) is 0 Å². The number of amides is 1. The molecule has 1 amide bonds. The first-order valence-electron chi connectivity index (χ1n) is 11.9. The van der Waals surface area contributed by atoms with E-state index in [0.29, 0.717) is 80.8 Å². The van der Waals surface area contributed by atoms with Crippen LogP contribution < -0.4 is 10.2 Å². The van der Waals surface area contributed by atoms with Gasteiger partial charge in [-0.05, 0) is 33.8 Å². The number of carbonyl (C=O) groups excluding carboxylic acids is 2. The summed E-state index contributed by atoms with van der Waals surface area (Å²) in [7, 11) is 0. The van der Waals surface area contributed by atoms with Crippen molar-refractivity contribution >= 4 is 41.0 Å². The van der Waals surface area contributed by atoms with E-state index >= 15 is 0 Å². The van der Waals surface area contributed by atoms with Crippen LogP contribution in [0, 0.1) is 0 Å². The van der Waals surface area contributed by atoms with Crippen molar-refractivity contribution in [1.29, 1.82) is 0 Å². The molecule has 13 nitrogen and oxygen atoms in total. The average Bonchev–Trinajstić information content (AvgIpc) is 3.22. The Labute approximate surface area is 208 Å². The Hall–Kier alpha value is -3.87. The number of nitrogens with one attached hydrogen (secondary N) is 1. The highest BCUT2D eigenvalue weighted by molar-refractivity contribution is 5.98. The molecule has 36 heavy (non-hydrogen) atoms. The van der Waals surface area contributed by atoms with Crippen molar-refractivity contribution in [3.63, 3.8) is 0 Å². The van der Waals surface area contributed by atoms with Crippen LogP contribution in [0.3, 0.4) is 0 Å². The fourth-order valence-corrected chi connectivity index (χ4v) is 3.76. The van der Waals surface area contributed by atoms with Crippen molar-refractivity contribution in [3.05, 3.63) is 24.3 Å². The molecule has 1 N–H and O–H groups in total. The van der Waals surface area contributed by atoms with Gasteiger partial charge >= 0.3 is 6.09 Å². The number of hydrogen-bond acceptors (Lipinski definition) is 11. The molecule has 1 fully saturated rings. The Morgan fingerprint density at radius 3 is 2.61 bits per heavy atom. The number of carbonyl (C=O) groups is 2. The predicted octanol–water partition coefficient (Wildman–Crippen LogP) is 2.27. The van der Waals surface area contributed by atoms with Crippen molar-refractivity contribution in [2.75, 3.05) is 49.6 Å². The van der Waals surface area contributed by atoms with Crippen molar-refractivity contribution < 1.29 is 19.1 Å². The van der Waals surface area contributed by atoms with Crippen molar-refractivity contribution in [2.45, 2.75) is 39.8 Å². The summed E-state index contributed by atoms with van der Waals surface area (Å²) in [5.41, 5.74) is 0.657. The molecule has 4 rings (SSSR count). The van der Waals surface area contributed by atoms with Gasteiger partial charge in [-0.25, -0.2) is 19.7 Å². The summed E-state index contributed by atoms with van der Waals surface area (Å²) in [6, 6.07) is 1.72. The van der Waals surface area contributed by atoms with Crippen LogP contribution in [0.4, 0.5) is 22.4 Å². The molecule has 4 heterocycles. The van der Waals surface area contributed by atoms with E-state index < -0.39 is 5.60 Å². The smallest absolute Gasteiger partial charge is 0.410 e. The highest BCUT2D eigenvalue weighted by Gasteiger charge is 2.28. The van der Waals surface area contributed by atoms with Crippen LogP contribution in [0.5, 0.6) is 0 Å². The maximum absolute atomic E-state index is 12.5. The van der Waals surface area contributed by atoms with E-state index in [0.717, 1.165) is 0 Å². The summed E-state index contributed by atoms with van der Waals surface area (Å²) in [6.45, 7) is 10.8. The zero-order chi connectivity index (χ0) is 25.7. The number of rotatable bonds is 8. The van der Waals surface area contributed by atoms with Crippen LogP contribution in [0.15, 0.2) is 18.6 Å². The molecule has 0 unspecified atom stereocenters. The van der Waals surface area contributed by atoms with Gasteiger partial charge in [0, 0.05) is 39.0 Å². The highest BCUT2D eigenvalue weighted by atomic mass is 16.6. The number of hydrogen-bond donors (Lipinski definition) is 1. The van der Waals surface area contributed by atoms with E-state index in [1.54, 1.807) is 21.8 Å². The van der Waals surface area contributed by atoms with Crippen LogP contribution in [-0.2, 0) is 16.0 Å². The molecular weight excluding hydrogens is 466 g/mol. The van der Waals surface area contributed by atoms with Crippen molar-refractivity contribution in [3.8, 4) is 0 Å². The second kappa shape index (κ2) is 10.8. The van der Waals surface area contributed by atoms with Crippen LogP contribution >= 0.6 is 0 Å². The molecule has 13 heteroatoms. The van der Waals surface area contributed by atoms with Gasteiger partial charge in [0.05, 0.1) is 13.2 Å². The van der Waals surface area contributed by atoms with Gasteiger partial charge < -0.3 is 24.6 Å². The van der Waals surface area contributed by atoms with E-state index in [2.05, 4.69) is 20.4 Å². The first kappa shape index (κ1) is 25.2. The number of anilines is 3. The van der Waals surface area contributed by atoms with Gasteiger partial charge in [0.2, 0.25) is 5.95 Å². The summed E-state index contributed by atoms with van der Waals surface area (Å²) in [5.74, 6) is 1.42. The van der Waals surface area contributed by atoms with Gasteiger partial charge in [-0.2, -0.15) is 10.1 Å². The van der Waals surface area contributed by atoms with Gasteiger partial charge in [0.1, 0.15) is 28.8 Å². The molecule has 0 aliphatic carbocycles. The predicted molar refractivity (Wildman–Crippen MR) is 133 cm³/mol. The minimum Gasteiger partial charge on any atom is -0.444 e. The number of ether oxygens (including phenoxy) is 2. The molecule has 3 aromatic heterocycles. The molecule has 0 aromatic carbocycles. The Morgan fingerprint density at radius 2 is 1.97 bits per heavy atom. The molecule has 0 saturated carbocycles. The minimum atomic E-state index is -0.558. The van der Waals surface area contributed by atoms with Gasteiger partial charge in [-0.15, -0.1) is 0 Å². The highest BCUT2D eigenvalue weighted by Crippen LogP contribution is 2.28.